The molecule has 0 bridgehead atoms. The van der Waals surface area contributed by atoms with Crippen molar-refractivity contribution in [1.82, 2.24) is 9.97 Å². The summed E-state index contributed by atoms with van der Waals surface area (Å²) in [7, 11) is 0. The lowest BCUT2D eigenvalue weighted by atomic mass is 9.90. The number of allylic oxidation sites excluding steroid dienone is 4. The molecule has 0 fully saturated rings. The number of aliphatic imine (C=N–C) groups is 2. The van der Waals surface area contributed by atoms with Gasteiger partial charge in [0.15, 0.2) is 23.3 Å². The fourth-order valence-electron chi connectivity index (χ4n) is 5.76. The van der Waals surface area contributed by atoms with Gasteiger partial charge in [0.2, 0.25) is 21.8 Å². The van der Waals surface area contributed by atoms with Crippen LogP contribution in [0.1, 0.15) is 57.1 Å². The first-order valence-electron chi connectivity index (χ1n) is 13.7. The molecule has 16 heteroatoms. The Morgan fingerprint density at radius 2 is 1.06 bits per heavy atom. The first-order chi connectivity index (χ1) is 23.3. The molecule has 7 rings (SSSR count). The van der Waals surface area contributed by atoms with Gasteiger partial charge in [-0.15, -0.1) is 0 Å². The molecule has 0 spiro atoms. The van der Waals surface area contributed by atoms with Gasteiger partial charge in [-0.3, -0.25) is 9.59 Å². The number of carbonyl (C=O) groups is 2. The second-order valence-electron chi connectivity index (χ2n) is 11.1. The van der Waals surface area contributed by atoms with E-state index in [-0.39, 0.29) is 55.1 Å². The summed E-state index contributed by atoms with van der Waals surface area (Å²) < 4.78 is 56.5. The molecular weight excluding hydrogens is 681 g/mol. The molecule has 0 saturated carbocycles. The minimum atomic E-state index is -1.29. The average molecular weight is 691 g/mol. The Morgan fingerprint density at radius 1 is 0.714 bits per heavy atom. The monoisotopic (exact) mass is 690 g/mol. The van der Waals surface area contributed by atoms with Crippen LogP contribution in [0.2, 0.25) is 0 Å². The highest BCUT2D eigenvalue weighted by Crippen LogP contribution is 2.56. The number of thiazole rings is 2. The maximum absolute atomic E-state index is 14.2. The number of benzene rings is 2. The molecule has 2 aromatic heterocycles. The number of hydrogen-bond acceptors (Lipinski definition) is 10. The summed E-state index contributed by atoms with van der Waals surface area (Å²) in [5, 5.41) is 19.2. The lowest BCUT2D eigenvalue weighted by molar-refractivity contribution is 0.106. The number of nitrogens with zero attached hydrogens (tertiary/aromatic N) is 8. The van der Waals surface area contributed by atoms with Crippen molar-refractivity contribution in [3.05, 3.63) is 115 Å². The van der Waals surface area contributed by atoms with Crippen LogP contribution >= 0.6 is 22.7 Å². The van der Waals surface area contributed by atoms with Crippen molar-refractivity contribution in [1.29, 1.82) is 10.5 Å². The molecule has 0 atom stereocenters. The van der Waals surface area contributed by atoms with Gasteiger partial charge in [0.05, 0.1) is 51.8 Å². The number of nitriles is 2. The predicted molar refractivity (Wildman–Crippen MR) is 169 cm³/mol. The van der Waals surface area contributed by atoms with Crippen molar-refractivity contribution < 1.29 is 27.2 Å². The van der Waals surface area contributed by atoms with E-state index in [0.29, 0.717) is 33.3 Å². The smallest absolute Gasteiger partial charge is 0.271 e. The first-order valence-corrected chi connectivity index (χ1v) is 15.3. The molecule has 2 aromatic carbocycles. The Bertz CT molecular complexity index is 2410. The van der Waals surface area contributed by atoms with E-state index in [1.807, 2.05) is 0 Å². The van der Waals surface area contributed by atoms with E-state index in [4.69, 9.17) is 13.1 Å². The summed E-state index contributed by atoms with van der Waals surface area (Å²) in [4.78, 5) is 52.0. The maximum Gasteiger partial charge on any atom is 0.271 e. The fourth-order valence-corrected chi connectivity index (χ4v) is 8.10. The maximum atomic E-state index is 14.2. The van der Waals surface area contributed by atoms with Gasteiger partial charge < -0.3 is 0 Å². The van der Waals surface area contributed by atoms with Gasteiger partial charge in [-0.2, -0.15) is 0 Å². The lowest BCUT2D eigenvalue weighted by Gasteiger charge is -2.15. The van der Waals surface area contributed by atoms with Crippen molar-refractivity contribution >= 4 is 67.1 Å². The predicted octanol–water partition coefficient (Wildman–Crippen LogP) is 7.71. The van der Waals surface area contributed by atoms with Crippen molar-refractivity contribution in [2.45, 2.75) is 19.3 Å². The lowest BCUT2D eigenvalue weighted by Crippen LogP contribution is -2.16. The van der Waals surface area contributed by atoms with Crippen molar-refractivity contribution in [3.8, 4) is 21.9 Å². The third-order valence-corrected chi connectivity index (χ3v) is 10.1. The Kier molecular flexibility index (Phi) is 6.86. The second-order valence-corrected chi connectivity index (χ2v) is 13.0. The van der Waals surface area contributed by atoms with Crippen molar-refractivity contribution in [3.63, 3.8) is 0 Å². The van der Waals surface area contributed by atoms with Crippen LogP contribution in [0.25, 0.3) is 30.6 Å². The van der Waals surface area contributed by atoms with Crippen LogP contribution in [-0.2, 0) is 5.41 Å². The highest BCUT2D eigenvalue weighted by Gasteiger charge is 2.44. The molecule has 2 heterocycles. The van der Waals surface area contributed by atoms with E-state index < -0.39 is 51.6 Å². The number of ketones is 2. The summed E-state index contributed by atoms with van der Waals surface area (Å²) >= 11 is 2.06. The van der Waals surface area contributed by atoms with Crippen LogP contribution in [-0.4, -0.2) is 33.0 Å². The number of rotatable bonds is 2. The van der Waals surface area contributed by atoms with Crippen LogP contribution in [0.3, 0.4) is 0 Å². The summed E-state index contributed by atoms with van der Waals surface area (Å²) in [6.45, 7) is 18.4. The quantitative estimate of drug-likeness (QED) is 0.120. The van der Waals surface area contributed by atoms with E-state index in [9.17, 15) is 37.7 Å². The van der Waals surface area contributed by atoms with Gasteiger partial charge in [-0.05, 0) is 49.2 Å². The minimum absolute atomic E-state index is 0.0354. The second kappa shape index (κ2) is 10.8. The van der Waals surface area contributed by atoms with E-state index >= 15 is 0 Å². The molecule has 4 aromatic rings. The zero-order chi connectivity index (χ0) is 35.1. The highest BCUT2D eigenvalue weighted by atomic mass is 32.1. The Hall–Kier alpha value is -6.46. The molecule has 3 aliphatic rings. The minimum Gasteiger partial charge on any atom is -0.287 e. The van der Waals surface area contributed by atoms with Gasteiger partial charge in [0, 0.05) is 22.3 Å². The van der Waals surface area contributed by atoms with Crippen LogP contribution in [0.15, 0.2) is 45.6 Å². The standard InChI is InChI=1S/C33H10F4N8O2S2/c1-33(2)29-27(48-31(44-29)42-23-21(19(9-38)40-3)11-5-15(34)17(36)7-13(11)25(23)46)28-30(33)45-32(49-28)43-24-22(20(10-39)41-4)12-6-16(35)18(37)8-14(12)26(24)47/h5-8H,1-2H3/b21-19+,22-20?,42-23?,43-24?. The Labute approximate surface area is 280 Å². The number of fused-ring (bicyclic) bond motifs is 5. The Morgan fingerprint density at radius 3 is 1.39 bits per heavy atom. The SMILES string of the molecule is [C-]#[N+]C(C#N)=C1C(=Nc2nc3c(s2)-c2sc(N=C4C(=O)c5cc(F)c(F)cc5/C4=C(/C#N)[N+]#[C-])nc2C3(C)C)C(=O)c2cc(F)c(F)cc21. The third-order valence-electron chi connectivity index (χ3n) is 8.00. The average Bonchev–Trinajstić information content (AvgIpc) is 3.84. The molecule has 49 heavy (non-hydrogen) atoms. The number of aromatic nitrogens is 2. The van der Waals surface area contributed by atoms with E-state index in [1.165, 1.54) is 0 Å². The molecule has 0 N–H and O–H groups in total. The summed E-state index contributed by atoms with van der Waals surface area (Å²) in [6.07, 6.45) is 0. The van der Waals surface area contributed by atoms with Crippen molar-refractivity contribution in [2.75, 3.05) is 0 Å². The van der Waals surface area contributed by atoms with Crippen LogP contribution in [0.5, 0.6) is 0 Å². The zero-order valence-corrected chi connectivity index (χ0v) is 26.2. The van der Waals surface area contributed by atoms with Gasteiger partial charge in [-0.1, -0.05) is 22.7 Å². The number of hydrogen-bond donors (Lipinski definition) is 0. The van der Waals surface area contributed by atoms with E-state index in [1.54, 1.807) is 26.0 Å². The van der Waals surface area contributed by atoms with Crippen LogP contribution < -0.4 is 0 Å². The summed E-state index contributed by atoms with van der Waals surface area (Å²) in [5.74, 6) is -6.78. The molecular formula is C33H10F4N8O2S2. The molecule has 0 unspecified atom stereocenters. The normalized spacial score (nSPS) is 18.7. The number of halogens is 4. The topological polar surface area (TPSA) is 141 Å². The van der Waals surface area contributed by atoms with E-state index in [0.717, 1.165) is 34.8 Å². The molecule has 0 radical (unpaired) electrons. The molecule has 3 aliphatic carbocycles. The molecule has 0 aliphatic heterocycles. The molecule has 0 saturated heterocycles. The molecule has 234 valence electrons. The first kappa shape index (κ1) is 31.2. The fraction of sp³-hybridized carbons (Fsp3) is 0.0909. The summed E-state index contributed by atoms with van der Waals surface area (Å²) in [5.41, 5.74) is -3.01. The van der Waals surface area contributed by atoms with E-state index in [2.05, 4.69) is 29.6 Å². The Balaban J connectivity index is 1.34. The molecule has 10 nitrogen and oxygen atoms in total. The van der Waals surface area contributed by atoms with Crippen LogP contribution in [0, 0.1) is 59.1 Å². The number of Topliss-reactive ketones (excluding diaryl/α,β-unsaturated/α-hetero) is 2. The van der Waals surface area contributed by atoms with Gasteiger partial charge in [0.25, 0.3) is 11.4 Å². The largest absolute Gasteiger partial charge is 0.287 e. The number of carbonyl (C=O) groups excluding carboxylic acids is 2. The highest BCUT2D eigenvalue weighted by molar-refractivity contribution is 7.25. The van der Waals surface area contributed by atoms with Crippen LogP contribution in [0.4, 0.5) is 27.8 Å². The van der Waals surface area contributed by atoms with Gasteiger partial charge in [-0.25, -0.2) is 57.7 Å². The van der Waals surface area contributed by atoms with Gasteiger partial charge >= 0.3 is 0 Å². The summed E-state index contributed by atoms with van der Waals surface area (Å²) in [6, 6.07) is 6.19. The molecule has 0 amide bonds. The van der Waals surface area contributed by atoms with Crippen molar-refractivity contribution in [2.24, 2.45) is 9.98 Å². The van der Waals surface area contributed by atoms with Gasteiger partial charge in [0.1, 0.15) is 11.4 Å². The zero-order valence-electron chi connectivity index (χ0n) is 24.5. The third kappa shape index (κ3) is 4.40.